The van der Waals surface area contributed by atoms with E-state index in [1.54, 1.807) is 36.4 Å². The molecule has 2 aromatic carbocycles. The van der Waals surface area contributed by atoms with Gasteiger partial charge in [-0.3, -0.25) is 4.79 Å². The molecule has 4 nitrogen and oxygen atoms in total. The number of carboxylic acids is 1. The molecule has 0 aliphatic rings. The third-order valence-corrected chi connectivity index (χ3v) is 2.60. The summed E-state index contributed by atoms with van der Waals surface area (Å²) >= 11 is 0. The molecule has 0 heterocycles. The van der Waals surface area contributed by atoms with E-state index in [1.165, 1.54) is 12.1 Å². The van der Waals surface area contributed by atoms with Crippen LogP contribution in [0.3, 0.4) is 0 Å². The molecule has 0 unspecified atom stereocenters. The normalized spacial score (nSPS) is 9.89. The van der Waals surface area contributed by atoms with E-state index in [1.807, 2.05) is 0 Å². The van der Waals surface area contributed by atoms with E-state index in [4.69, 9.17) is 9.84 Å². The van der Waals surface area contributed by atoms with Gasteiger partial charge in [0.1, 0.15) is 18.6 Å². The monoisotopic (exact) mass is 256 g/mol. The van der Waals surface area contributed by atoms with Gasteiger partial charge in [0, 0.05) is 5.56 Å². The van der Waals surface area contributed by atoms with Gasteiger partial charge in [0.05, 0.1) is 5.56 Å². The smallest absolute Gasteiger partial charge is 0.335 e. The molecular formula is C15H12O4. The molecule has 1 N–H and O–H groups in total. The maximum absolute atomic E-state index is 10.7. The van der Waals surface area contributed by atoms with Gasteiger partial charge >= 0.3 is 5.97 Å². The minimum absolute atomic E-state index is 0.242. The molecular weight excluding hydrogens is 244 g/mol. The van der Waals surface area contributed by atoms with Crippen LogP contribution in [0.25, 0.3) is 0 Å². The molecule has 0 saturated heterocycles. The van der Waals surface area contributed by atoms with E-state index in [-0.39, 0.29) is 5.56 Å². The van der Waals surface area contributed by atoms with Crippen LogP contribution in [-0.2, 0) is 6.61 Å². The summed E-state index contributed by atoms with van der Waals surface area (Å²) in [5, 5.41) is 8.78. The van der Waals surface area contributed by atoms with Crippen LogP contribution in [-0.4, -0.2) is 17.4 Å². The summed E-state index contributed by atoms with van der Waals surface area (Å²) in [4.78, 5) is 21.3. The minimum Gasteiger partial charge on any atom is -0.489 e. The molecule has 19 heavy (non-hydrogen) atoms. The number of ether oxygens (including phenoxy) is 1. The van der Waals surface area contributed by atoms with E-state index in [2.05, 4.69) is 0 Å². The maximum atomic E-state index is 10.7. The Hall–Kier alpha value is -2.62. The Kier molecular flexibility index (Phi) is 3.93. The van der Waals surface area contributed by atoms with Crippen LogP contribution in [0.2, 0.25) is 0 Å². The molecule has 0 aromatic heterocycles. The van der Waals surface area contributed by atoms with Gasteiger partial charge in [-0.05, 0) is 29.8 Å². The highest BCUT2D eigenvalue weighted by molar-refractivity contribution is 5.87. The first kappa shape index (κ1) is 12.8. The SMILES string of the molecule is O=Cc1cccc(OCc2ccc(C(=O)O)cc2)c1. The molecule has 0 spiro atoms. The summed E-state index contributed by atoms with van der Waals surface area (Å²) in [7, 11) is 0. The molecule has 0 fully saturated rings. The lowest BCUT2D eigenvalue weighted by molar-refractivity contribution is 0.0696. The predicted octanol–water partition coefficient (Wildman–Crippen LogP) is 2.78. The second kappa shape index (κ2) is 5.82. The van der Waals surface area contributed by atoms with Crippen molar-refractivity contribution in [1.29, 1.82) is 0 Å². The number of aromatic carboxylic acids is 1. The van der Waals surface area contributed by atoms with Gasteiger partial charge in [-0.15, -0.1) is 0 Å². The molecule has 96 valence electrons. The van der Waals surface area contributed by atoms with Crippen molar-refractivity contribution in [2.24, 2.45) is 0 Å². The van der Waals surface area contributed by atoms with Crippen molar-refractivity contribution in [3.63, 3.8) is 0 Å². The molecule has 0 aliphatic carbocycles. The highest BCUT2D eigenvalue weighted by Gasteiger charge is 2.02. The standard InChI is InChI=1S/C15H12O4/c16-9-12-2-1-3-14(8-12)19-10-11-4-6-13(7-5-11)15(17)18/h1-9H,10H2,(H,17,18). The van der Waals surface area contributed by atoms with E-state index >= 15 is 0 Å². The Morgan fingerprint density at radius 1 is 1.16 bits per heavy atom. The maximum Gasteiger partial charge on any atom is 0.335 e. The summed E-state index contributed by atoms with van der Waals surface area (Å²) in [6, 6.07) is 13.3. The van der Waals surface area contributed by atoms with Crippen LogP contribution in [0, 0.1) is 0 Å². The third kappa shape index (κ3) is 3.42. The summed E-state index contributed by atoms with van der Waals surface area (Å²) in [5.41, 5.74) is 1.66. The second-order valence-corrected chi connectivity index (χ2v) is 3.98. The number of hydrogen-bond acceptors (Lipinski definition) is 3. The lowest BCUT2D eigenvalue weighted by atomic mass is 10.1. The predicted molar refractivity (Wildman–Crippen MR) is 69.6 cm³/mol. The van der Waals surface area contributed by atoms with E-state index in [9.17, 15) is 9.59 Å². The number of carbonyl (C=O) groups excluding carboxylic acids is 1. The van der Waals surface area contributed by atoms with Gasteiger partial charge < -0.3 is 9.84 Å². The van der Waals surface area contributed by atoms with Gasteiger partial charge in [-0.1, -0.05) is 24.3 Å². The first-order valence-corrected chi connectivity index (χ1v) is 5.69. The average Bonchev–Trinajstić information content (AvgIpc) is 2.46. The highest BCUT2D eigenvalue weighted by Crippen LogP contribution is 2.14. The fourth-order valence-corrected chi connectivity index (χ4v) is 1.59. The van der Waals surface area contributed by atoms with Crippen LogP contribution in [0.15, 0.2) is 48.5 Å². The van der Waals surface area contributed by atoms with Crippen LogP contribution < -0.4 is 4.74 Å². The number of carbonyl (C=O) groups is 2. The van der Waals surface area contributed by atoms with Crippen molar-refractivity contribution in [2.45, 2.75) is 6.61 Å². The third-order valence-electron chi connectivity index (χ3n) is 2.60. The van der Waals surface area contributed by atoms with Crippen LogP contribution >= 0.6 is 0 Å². The number of benzene rings is 2. The molecule has 4 heteroatoms. The van der Waals surface area contributed by atoms with Crippen LogP contribution in [0.4, 0.5) is 0 Å². The van der Waals surface area contributed by atoms with Crippen molar-refractivity contribution in [2.75, 3.05) is 0 Å². The fraction of sp³-hybridized carbons (Fsp3) is 0.0667. The van der Waals surface area contributed by atoms with Gasteiger partial charge in [-0.25, -0.2) is 4.79 Å². The Labute approximate surface area is 110 Å². The second-order valence-electron chi connectivity index (χ2n) is 3.98. The molecule has 0 aliphatic heterocycles. The quantitative estimate of drug-likeness (QED) is 0.835. The van der Waals surface area contributed by atoms with Crippen molar-refractivity contribution in [3.8, 4) is 5.75 Å². The van der Waals surface area contributed by atoms with Gasteiger partial charge in [0.15, 0.2) is 0 Å². The number of carboxylic acid groups (broad SMARTS) is 1. The van der Waals surface area contributed by atoms with Gasteiger partial charge in [0.2, 0.25) is 0 Å². The topological polar surface area (TPSA) is 63.6 Å². The number of hydrogen-bond donors (Lipinski definition) is 1. The van der Waals surface area contributed by atoms with Crippen LogP contribution in [0.5, 0.6) is 5.75 Å². The lowest BCUT2D eigenvalue weighted by Gasteiger charge is -2.06. The number of rotatable bonds is 5. The van der Waals surface area contributed by atoms with Gasteiger partial charge in [0.25, 0.3) is 0 Å². The average molecular weight is 256 g/mol. The first-order valence-electron chi connectivity index (χ1n) is 5.69. The molecule has 2 aromatic rings. The number of aldehydes is 1. The van der Waals surface area contributed by atoms with Crippen LogP contribution in [0.1, 0.15) is 26.3 Å². The van der Waals surface area contributed by atoms with Crippen molar-refractivity contribution in [1.82, 2.24) is 0 Å². The zero-order chi connectivity index (χ0) is 13.7. The summed E-state index contributed by atoms with van der Waals surface area (Å²) < 4.78 is 5.53. The molecule has 0 amide bonds. The van der Waals surface area contributed by atoms with Gasteiger partial charge in [-0.2, -0.15) is 0 Å². The van der Waals surface area contributed by atoms with E-state index in [0.717, 1.165) is 11.8 Å². The minimum atomic E-state index is -0.953. The molecule has 0 saturated carbocycles. The van der Waals surface area contributed by atoms with E-state index < -0.39 is 5.97 Å². The zero-order valence-electron chi connectivity index (χ0n) is 10.1. The molecule has 0 radical (unpaired) electrons. The fourth-order valence-electron chi connectivity index (χ4n) is 1.59. The Balaban J connectivity index is 2.01. The van der Waals surface area contributed by atoms with Crippen molar-refractivity contribution < 1.29 is 19.4 Å². The Morgan fingerprint density at radius 3 is 2.53 bits per heavy atom. The van der Waals surface area contributed by atoms with E-state index in [0.29, 0.717) is 17.9 Å². The van der Waals surface area contributed by atoms with Crippen molar-refractivity contribution in [3.05, 3.63) is 65.2 Å². The van der Waals surface area contributed by atoms with Crippen molar-refractivity contribution >= 4 is 12.3 Å². The zero-order valence-corrected chi connectivity index (χ0v) is 10.1. The largest absolute Gasteiger partial charge is 0.489 e. The summed E-state index contributed by atoms with van der Waals surface area (Å²) in [6.07, 6.45) is 0.758. The molecule has 2 rings (SSSR count). The molecule has 0 bridgehead atoms. The Bertz CT molecular complexity index is 587. The Morgan fingerprint density at radius 2 is 1.89 bits per heavy atom. The first-order chi connectivity index (χ1) is 9.19. The summed E-state index contributed by atoms with van der Waals surface area (Å²) in [6.45, 7) is 0.322. The summed E-state index contributed by atoms with van der Waals surface area (Å²) in [5.74, 6) is -0.349. The molecule has 0 atom stereocenters. The highest BCUT2D eigenvalue weighted by atomic mass is 16.5. The lowest BCUT2D eigenvalue weighted by Crippen LogP contribution is -1.99.